The Morgan fingerprint density at radius 1 is 1.19 bits per heavy atom. The maximum atomic E-state index is 4.59. The van der Waals surface area contributed by atoms with Crippen LogP contribution in [0.3, 0.4) is 0 Å². The molecular weight excluding hydrogens is 260 g/mol. The van der Waals surface area contributed by atoms with Crippen LogP contribution in [0.1, 0.15) is 35.5 Å². The first-order valence-electron chi connectivity index (χ1n) is 7.23. The van der Waals surface area contributed by atoms with Crippen molar-refractivity contribution in [3.63, 3.8) is 0 Å². The first-order chi connectivity index (χ1) is 9.90. The SMILES string of the molecule is Cc1cc(C)c(C(C)Nc2cccnc2N(C)C)c(C)n1. The van der Waals surface area contributed by atoms with Crippen LogP contribution in [-0.2, 0) is 0 Å². The van der Waals surface area contributed by atoms with Crippen LogP contribution in [0.25, 0.3) is 0 Å². The van der Waals surface area contributed by atoms with Crippen molar-refractivity contribution in [3.05, 3.63) is 46.9 Å². The third kappa shape index (κ3) is 3.32. The van der Waals surface area contributed by atoms with Gasteiger partial charge in [-0.3, -0.25) is 4.98 Å². The van der Waals surface area contributed by atoms with Gasteiger partial charge >= 0.3 is 0 Å². The van der Waals surface area contributed by atoms with Crippen molar-refractivity contribution in [2.24, 2.45) is 0 Å². The summed E-state index contributed by atoms with van der Waals surface area (Å²) >= 11 is 0. The van der Waals surface area contributed by atoms with Crippen molar-refractivity contribution >= 4 is 11.5 Å². The Hall–Kier alpha value is -2.10. The van der Waals surface area contributed by atoms with E-state index in [9.17, 15) is 0 Å². The minimum Gasteiger partial charge on any atom is -0.375 e. The van der Waals surface area contributed by atoms with Gasteiger partial charge < -0.3 is 10.2 Å². The molecule has 2 aromatic rings. The molecule has 0 saturated carbocycles. The van der Waals surface area contributed by atoms with Gasteiger partial charge in [0.25, 0.3) is 0 Å². The summed E-state index contributed by atoms with van der Waals surface area (Å²) in [5.74, 6) is 0.944. The number of nitrogens with one attached hydrogen (secondary N) is 1. The lowest BCUT2D eigenvalue weighted by Gasteiger charge is -2.23. The van der Waals surface area contributed by atoms with Crippen molar-refractivity contribution in [1.29, 1.82) is 0 Å². The summed E-state index contributed by atoms with van der Waals surface area (Å²) in [5.41, 5.74) is 5.72. The quantitative estimate of drug-likeness (QED) is 0.930. The molecule has 0 amide bonds. The van der Waals surface area contributed by atoms with Gasteiger partial charge in [-0.2, -0.15) is 0 Å². The molecule has 0 fully saturated rings. The molecule has 0 aliphatic heterocycles. The van der Waals surface area contributed by atoms with Crippen molar-refractivity contribution in [2.75, 3.05) is 24.3 Å². The zero-order valence-electron chi connectivity index (χ0n) is 13.7. The molecular formula is C17H24N4. The van der Waals surface area contributed by atoms with Crippen LogP contribution in [0.2, 0.25) is 0 Å². The molecule has 0 bridgehead atoms. The first kappa shape index (κ1) is 15.3. The number of rotatable bonds is 4. The van der Waals surface area contributed by atoms with Gasteiger partial charge in [-0.25, -0.2) is 4.98 Å². The van der Waals surface area contributed by atoms with Gasteiger partial charge in [0.15, 0.2) is 5.82 Å². The predicted molar refractivity (Wildman–Crippen MR) is 89.0 cm³/mol. The van der Waals surface area contributed by atoms with Gasteiger partial charge in [0.2, 0.25) is 0 Å². The highest BCUT2D eigenvalue weighted by Gasteiger charge is 2.15. The van der Waals surface area contributed by atoms with Crippen molar-refractivity contribution in [1.82, 2.24) is 9.97 Å². The maximum Gasteiger partial charge on any atom is 0.151 e. The van der Waals surface area contributed by atoms with Gasteiger partial charge in [0.05, 0.1) is 11.7 Å². The van der Waals surface area contributed by atoms with Crippen LogP contribution >= 0.6 is 0 Å². The maximum absolute atomic E-state index is 4.59. The molecule has 0 aliphatic carbocycles. The lowest BCUT2D eigenvalue weighted by atomic mass is 10.00. The lowest BCUT2D eigenvalue weighted by molar-refractivity contribution is 0.840. The standard InChI is InChI=1S/C17H24N4/c1-11-10-12(2)19-13(3)16(11)14(4)20-15-8-7-9-18-17(15)21(5)6/h7-10,14,20H,1-6H3. The Morgan fingerprint density at radius 2 is 1.90 bits per heavy atom. The molecule has 0 spiro atoms. The summed E-state index contributed by atoms with van der Waals surface area (Å²) < 4.78 is 0. The molecule has 1 N–H and O–H groups in total. The first-order valence-corrected chi connectivity index (χ1v) is 7.23. The molecule has 112 valence electrons. The number of pyridine rings is 2. The highest BCUT2D eigenvalue weighted by molar-refractivity contribution is 5.65. The number of nitrogens with zero attached hydrogens (tertiary/aromatic N) is 3. The molecule has 0 radical (unpaired) electrons. The Morgan fingerprint density at radius 3 is 2.52 bits per heavy atom. The minimum atomic E-state index is 0.181. The van der Waals surface area contributed by atoms with E-state index in [0.717, 1.165) is 22.9 Å². The van der Waals surface area contributed by atoms with Crippen LogP contribution in [-0.4, -0.2) is 24.1 Å². The monoisotopic (exact) mass is 284 g/mol. The summed E-state index contributed by atoms with van der Waals surface area (Å²) in [7, 11) is 4.00. The van der Waals surface area contributed by atoms with Gasteiger partial charge in [0, 0.05) is 31.7 Å². The second-order valence-electron chi connectivity index (χ2n) is 5.71. The van der Waals surface area contributed by atoms with Gasteiger partial charge in [0.1, 0.15) is 0 Å². The van der Waals surface area contributed by atoms with Crippen molar-refractivity contribution in [2.45, 2.75) is 33.7 Å². The largest absolute Gasteiger partial charge is 0.375 e. The third-order valence-corrected chi connectivity index (χ3v) is 3.60. The second-order valence-corrected chi connectivity index (χ2v) is 5.71. The Bertz CT molecular complexity index is 611. The van der Waals surface area contributed by atoms with Crippen LogP contribution in [0, 0.1) is 20.8 Å². The molecule has 2 heterocycles. The van der Waals surface area contributed by atoms with E-state index >= 15 is 0 Å². The van der Waals surface area contributed by atoms with E-state index in [2.05, 4.69) is 48.2 Å². The zero-order chi connectivity index (χ0) is 15.6. The summed E-state index contributed by atoms with van der Waals surface area (Å²) in [5, 5.41) is 3.57. The van der Waals surface area contributed by atoms with Crippen LogP contribution in [0.5, 0.6) is 0 Å². The topological polar surface area (TPSA) is 41.1 Å². The third-order valence-electron chi connectivity index (χ3n) is 3.60. The molecule has 0 saturated heterocycles. The predicted octanol–water partition coefficient (Wildman–Crippen LogP) is 3.64. The average molecular weight is 284 g/mol. The van der Waals surface area contributed by atoms with Crippen molar-refractivity contribution in [3.8, 4) is 0 Å². The fourth-order valence-corrected chi connectivity index (χ4v) is 2.86. The average Bonchev–Trinajstić information content (AvgIpc) is 2.37. The number of aromatic nitrogens is 2. The van der Waals surface area contributed by atoms with E-state index in [0.29, 0.717) is 0 Å². The minimum absolute atomic E-state index is 0.181. The van der Waals surface area contributed by atoms with Gasteiger partial charge in [-0.15, -0.1) is 0 Å². The number of hydrogen-bond acceptors (Lipinski definition) is 4. The molecule has 0 aliphatic rings. The van der Waals surface area contributed by atoms with E-state index in [4.69, 9.17) is 0 Å². The number of hydrogen-bond donors (Lipinski definition) is 1. The highest BCUT2D eigenvalue weighted by Crippen LogP contribution is 2.28. The smallest absolute Gasteiger partial charge is 0.151 e. The van der Waals surface area contributed by atoms with Crippen molar-refractivity contribution < 1.29 is 0 Å². The molecule has 2 rings (SSSR count). The summed E-state index contributed by atoms with van der Waals surface area (Å²) in [6, 6.07) is 6.33. The zero-order valence-corrected chi connectivity index (χ0v) is 13.7. The summed E-state index contributed by atoms with van der Waals surface area (Å²) in [6.07, 6.45) is 1.81. The molecule has 2 aromatic heterocycles. The van der Waals surface area contributed by atoms with E-state index in [1.807, 2.05) is 38.2 Å². The molecule has 4 heteroatoms. The lowest BCUT2D eigenvalue weighted by Crippen LogP contribution is -2.16. The molecule has 21 heavy (non-hydrogen) atoms. The molecule has 4 nitrogen and oxygen atoms in total. The second kappa shape index (κ2) is 6.12. The Kier molecular flexibility index (Phi) is 4.46. The van der Waals surface area contributed by atoms with E-state index < -0.39 is 0 Å². The van der Waals surface area contributed by atoms with E-state index in [1.54, 1.807) is 0 Å². The van der Waals surface area contributed by atoms with Crippen LogP contribution in [0.15, 0.2) is 24.4 Å². The number of aryl methyl sites for hydroxylation is 3. The van der Waals surface area contributed by atoms with E-state index in [-0.39, 0.29) is 6.04 Å². The van der Waals surface area contributed by atoms with E-state index in [1.165, 1.54) is 11.1 Å². The fraction of sp³-hybridized carbons (Fsp3) is 0.412. The normalized spacial score (nSPS) is 12.1. The fourth-order valence-electron chi connectivity index (χ4n) is 2.86. The van der Waals surface area contributed by atoms with Crippen LogP contribution < -0.4 is 10.2 Å². The van der Waals surface area contributed by atoms with Gasteiger partial charge in [-0.1, -0.05) is 0 Å². The molecule has 0 aromatic carbocycles. The highest BCUT2D eigenvalue weighted by atomic mass is 15.2. The number of anilines is 2. The van der Waals surface area contributed by atoms with Crippen LogP contribution in [0.4, 0.5) is 11.5 Å². The molecule has 1 unspecified atom stereocenters. The van der Waals surface area contributed by atoms with Gasteiger partial charge in [-0.05, 0) is 57.0 Å². The summed E-state index contributed by atoms with van der Waals surface area (Å²) in [4.78, 5) is 11.0. The summed E-state index contributed by atoms with van der Waals surface area (Å²) in [6.45, 7) is 8.42. The Balaban J connectivity index is 2.33. The Labute approximate surface area is 127 Å². The molecule has 1 atom stereocenters.